The monoisotopic (exact) mass is 669 g/mol. The summed E-state index contributed by atoms with van der Waals surface area (Å²) >= 11 is 1.68. The topological polar surface area (TPSA) is 118 Å². The molecule has 4 N–H and O–H groups in total. The average Bonchev–Trinajstić information content (AvgIpc) is 3.60. The van der Waals surface area contributed by atoms with Crippen LogP contribution in [0.25, 0.3) is 10.2 Å². The number of piperazine rings is 1. The van der Waals surface area contributed by atoms with E-state index in [1.807, 2.05) is 93.6 Å². The number of nitrogens with one attached hydrogen (secondary N) is 2. The van der Waals surface area contributed by atoms with Crippen LogP contribution in [0, 0.1) is 5.92 Å². The molecule has 1 aliphatic heterocycles. The fourth-order valence-corrected chi connectivity index (χ4v) is 8.00. The van der Waals surface area contributed by atoms with E-state index >= 15 is 0 Å². The summed E-state index contributed by atoms with van der Waals surface area (Å²) in [5.74, 6) is -0.790. The standard InChI is InChI=1S/C38H47N5O4S/c1-38(2,3)41-37(47)31-23-42(24-34-39-30-15-9-10-16-33(30)48-34)17-18-43(31)22-28(44)20-27(19-25-11-5-4-6-12-25)36(46)40-35-29-14-8-7-13-26(29)21-32(35)45/h4-16,27-28,31-32,35,44-45H,17-24H2,1-3H3,(H,40,46)(H,41,47)/t27-,28+,31+,32-,35?/m1/s1. The van der Waals surface area contributed by atoms with Crippen LogP contribution in [0.1, 0.15) is 54.9 Å². The van der Waals surface area contributed by atoms with Crippen molar-refractivity contribution in [3.05, 3.63) is 101 Å². The predicted octanol–water partition coefficient (Wildman–Crippen LogP) is 4.08. The van der Waals surface area contributed by atoms with Gasteiger partial charge >= 0.3 is 0 Å². The third-order valence-electron chi connectivity index (χ3n) is 9.27. The van der Waals surface area contributed by atoms with Gasteiger partial charge in [-0.3, -0.25) is 19.4 Å². The van der Waals surface area contributed by atoms with Gasteiger partial charge in [-0.1, -0.05) is 66.7 Å². The quantitative estimate of drug-likeness (QED) is 0.190. The number of para-hydroxylation sites is 1. The molecule has 0 spiro atoms. The lowest BCUT2D eigenvalue weighted by molar-refractivity contribution is -0.132. The summed E-state index contributed by atoms with van der Waals surface area (Å²) in [6, 6.07) is 24.8. The molecule has 3 aromatic carbocycles. The Balaban J connectivity index is 1.15. The highest BCUT2D eigenvalue weighted by Gasteiger charge is 2.37. The van der Waals surface area contributed by atoms with Gasteiger partial charge in [-0.25, -0.2) is 4.98 Å². The van der Waals surface area contributed by atoms with E-state index in [1.54, 1.807) is 11.3 Å². The first-order valence-corrected chi connectivity index (χ1v) is 17.7. The van der Waals surface area contributed by atoms with Crippen LogP contribution in [-0.4, -0.2) is 86.8 Å². The number of fused-ring (bicyclic) bond motifs is 2. The zero-order valence-electron chi connectivity index (χ0n) is 28.0. The summed E-state index contributed by atoms with van der Waals surface area (Å²) in [7, 11) is 0. The molecule has 2 aliphatic rings. The summed E-state index contributed by atoms with van der Waals surface area (Å²) in [6.07, 6.45) is -0.362. The number of aliphatic hydroxyl groups excluding tert-OH is 2. The van der Waals surface area contributed by atoms with Crippen molar-refractivity contribution in [1.29, 1.82) is 0 Å². The van der Waals surface area contributed by atoms with Gasteiger partial charge in [0.05, 0.1) is 35.0 Å². The number of thiazole rings is 1. The number of benzene rings is 3. The van der Waals surface area contributed by atoms with Crippen molar-refractivity contribution in [3.8, 4) is 0 Å². The highest BCUT2D eigenvalue weighted by Crippen LogP contribution is 2.32. The van der Waals surface area contributed by atoms with Crippen molar-refractivity contribution >= 4 is 33.4 Å². The van der Waals surface area contributed by atoms with Gasteiger partial charge in [-0.05, 0) is 62.4 Å². The number of aromatic nitrogens is 1. The Morgan fingerprint density at radius 3 is 2.50 bits per heavy atom. The molecule has 6 rings (SSSR count). The normalized spacial score (nSPS) is 21.5. The first-order valence-electron chi connectivity index (χ1n) is 16.9. The Kier molecular flexibility index (Phi) is 10.6. The Morgan fingerprint density at radius 2 is 1.73 bits per heavy atom. The Hall–Kier alpha value is -3.67. The SMILES string of the molecule is CC(C)(C)NC(=O)[C@@H]1CN(Cc2nc3ccccc3s2)CCN1C[C@@H](O)C[C@@H](Cc1ccccc1)C(=O)NC1c2ccccc2C[C@H]1O. The van der Waals surface area contributed by atoms with Crippen molar-refractivity contribution in [2.45, 2.75) is 76.4 Å². The van der Waals surface area contributed by atoms with Gasteiger partial charge < -0.3 is 20.8 Å². The van der Waals surface area contributed by atoms with Gasteiger partial charge in [0.1, 0.15) is 11.0 Å². The second-order valence-electron chi connectivity index (χ2n) is 14.3. The van der Waals surface area contributed by atoms with Crippen LogP contribution in [-0.2, 0) is 29.0 Å². The van der Waals surface area contributed by atoms with Crippen molar-refractivity contribution in [2.75, 3.05) is 26.2 Å². The summed E-state index contributed by atoms with van der Waals surface area (Å²) in [4.78, 5) is 36.7. The average molecular weight is 670 g/mol. The third kappa shape index (κ3) is 8.48. The minimum absolute atomic E-state index is 0.0730. The maximum absolute atomic E-state index is 13.9. The van der Waals surface area contributed by atoms with Gasteiger partial charge in [-0.2, -0.15) is 0 Å². The minimum Gasteiger partial charge on any atom is -0.392 e. The number of carbonyl (C=O) groups excluding carboxylic acids is 2. The summed E-state index contributed by atoms with van der Waals surface area (Å²) < 4.78 is 1.15. The van der Waals surface area contributed by atoms with Crippen LogP contribution in [0.3, 0.4) is 0 Å². The number of rotatable bonds is 11. The highest BCUT2D eigenvalue weighted by molar-refractivity contribution is 7.18. The number of β-amino-alcohol motifs (C(OH)–C–C–N with tert-alkyl or cyclic N) is 1. The van der Waals surface area contributed by atoms with E-state index in [0.717, 1.165) is 38.5 Å². The van der Waals surface area contributed by atoms with Gasteiger partial charge in [0.15, 0.2) is 0 Å². The van der Waals surface area contributed by atoms with Gasteiger partial charge in [0, 0.05) is 44.1 Å². The zero-order chi connectivity index (χ0) is 33.8. The van der Waals surface area contributed by atoms with Crippen LogP contribution < -0.4 is 10.6 Å². The third-order valence-corrected chi connectivity index (χ3v) is 10.3. The van der Waals surface area contributed by atoms with Crippen LogP contribution in [0.2, 0.25) is 0 Å². The molecule has 48 heavy (non-hydrogen) atoms. The number of hydrogen-bond acceptors (Lipinski definition) is 8. The van der Waals surface area contributed by atoms with Crippen LogP contribution in [0.15, 0.2) is 78.9 Å². The van der Waals surface area contributed by atoms with E-state index in [1.165, 1.54) is 0 Å². The molecule has 4 aromatic rings. The molecule has 1 aromatic heterocycles. The summed E-state index contributed by atoms with van der Waals surface area (Å²) in [5.41, 5.74) is 3.56. The van der Waals surface area contributed by atoms with E-state index < -0.39 is 35.7 Å². The van der Waals surface area contributed by atoms with E-state index in [9.17, 15) is 19.8 Å². The first kappa shape index (κ1) is 34.2. The number of hydrogen-bond donors (Lipinski definition) is 4. The molecule has 5 atom stereocenters. The Labute approximate surface area is 287 Å². The number of aliphatic hydroxyl groups is 2. The molecule has 254 valence electrons. The fraction of sp³-hybridized carbons (Fsp3) is 0.447. The summed E-state index contributed by atoms with van der Waals surface area (Å²) in [6.45, 7) is 8.68. The lowest BCUT2D eigenvalue weighted by atomic mass is 9.91. The molecule has 2 heterocycles. The first-order chi connectivity index (χ1) is 23.0. The van der Waals surface area contributed by atoms with E-state index in [2.05, 4.69) is 26.5 Å². The van der Waals surface area contributed by atoms with E-state index in [4.69, 9.17) is 4.98 Å². The fourth-order valence-electron chi connectivity index (χ4n) is 6.99. The van der Waals surface area contributed by atoms with Crippen molar-refractivity contribution in [2.24, 2.45) is 5.92 Å². The second kappa shape index (κ2) is 14.8. The maximum atomic E-state index is 13.9. The molecular formula is C38H47N5O4S. The summed E-state index contributed by atoms with van der Waals surface area (Å²) in [5, 5.41) is 29.7. The van der Waals surface area contributed by atoms with Crippen LogP contribution in [0.5, 0.6) is 0 Å². The molecule has 9 nitrogen and oxygen atoms in total. The largest absolute Gasteiger partial charge is 0.392 e. The Bertz CT molecular complexity index is 1670. The number of nitrogens with zero attached hydrogens (tertiary/aromatic N) is 3. The molecule has 1 unspecified atom stereocenters. The molecule has 0 radical (unpaired) electrons. The second-order valence-corrected chi connectivity index (χ2v) is 15.4. The molecule has 1 saturated heterocycles. The molecule has 2 amide bonds. The Morgan fingerprint density at radius 1 is 1.00 bits per heavy atom. The molecule has 10 heteroatoms. The predicted molar refractivity (Wildman–Crippen MR) is 189 cm³/mol. The van der Waals surface area contributed by atoms with Gasteiger partial charge in [-0.15, -0.1) is 11.3 Å². The number of amides is 2. The molecule has 1 aliphatic carbocycles. The molecule has 1 fully saturated rings. The van der Waals surface area contributed by atoms with Gasteiger partial charge in [0.2, 0.25) is 11.8 Å². The smallest absolute Gasteiger partial charge is 0.239 e. The minimum atomic E-state index is -0.842. The van der Waals surface area contributed by atoms with Crippen molar-refractivity contribution in [1.82, 2.24) is 25.4 Å². The molecular weight excluding hydrogens is 623 g/mol. The number of carbonyl (C=O) groups is 2. The lowest BCUT2D eigenvalue weighted by Crippen LogP contribution is -2.61. The lowest BCUT2D eigenvalue weighted by Gasteiger charge is -2.42. The van der Waals surface area contributed by atoms with Crippen LogP contribution in [0.4, 0.5) is 0 Å². The van der Waals surface area contributed by atoms with E-state index in [-0.39, 0.29) is 24.8 Å². The molecule has 0 bridgehead atoms. The van der Waals surface area contributed by atoms with Crippen LogP contribution >= 0.6 is 11.3 Å². The van der Waals surface area contributed by atoms with Crippen molar-refractivity contribution < 1.29 is 19.8 Å². The van der Waals surface area contributed by atoms with E-state index in [0.29, 0.717) is 32.5 Å². The zero-order valence-corrected chi connectivity index (χ0v) is 28.8. The highest BCUT2D eigenvalue weighted by atomic mass is 32.1. The van der Waals surface area contributed by atoms with Gasteiger partial charge in [0.25, 0.3) is 0 Å². The maximum Gasteiger partial charge on any atom is 0.239 e. The molecule has 0 saturated carbocycles. The van der Waals surface area contributed by atoms with Crippen molar-refractivity contribution in [3.63, 3.8) is 0 Å².